The molecule has 1 aliphatic heterocycles. The van der Waals surface area contributed by atoms with Crippen LogP contribution in [0.4, 0.5) is 11.4 Å². The summed E-state index contributed by atoms with van der Waals surface area (Å²) in [6.07, 6.45) is 2.54. The van der Waals surface area contributed by atoms with Crippen LogP contribution in [0.3, 0.4) is 0 Å². The van der Waals surface area contributed by atoms with Crippen molar-refractivity contribution in [3.8, 4) is 0 Å². The Hall–Kier alpha value is -1.62. The number of nitro benzene ring substituents is 1. The third kappa shape index (κ3) is 3.44. The Morgan fingerprint density at radius 3 is 2.68 bits per heavy atom. The van der Waals surface area contributed by atoms with E-state index in [1.54, 1.807) is 6.07 Å². The highest BCUT2D eigenvalue weighted by atomic mass is 16.6. The quantitative estimate of drug-likeness (QED) is 0.605. The van der Waals surface area contributed by atoms with E-state index in [0.29, 0.717) is 5.69 Å². The predicted molar refractivity (Wildman–Crippen MR) is 76.8 cm³/mol. The first-order valence-corrected chi connectivity index (χ1v) is 6.76. The van der Waals surface area contributed by atoms with Crippen molar-refractivity contribution in [3.63, 3.8) is 0 Å². The standard InChI is InChI=1S/C14H21N3O2/c1-12-5-6-13(14(11-12)17(18)19)15(2)9-10-16-7-3-4-8-16/h5-6,11H,3-4,7-10H2,1-2H3. The molecule has 1 aliphatic rings. The molecule has 5 heteroatoms. The molecule has 5 nitrogen and oxygen atoms in total. The van der Waals surface area contributed by atoms with Crippen molar-refractivity contribution in [1.82, 2.24) is 4.90 Å². The van der Waals surface area contributed by atoms with Crippen molar-refractivity contribution >= 4 is 11.4 Å². The molecule has 19 heavy (non-hydrogen) atoms. The third-order valence-electron chi connectivity index (χ3n) is 3.69. The maximum Gasteiger partial charge on any atom is 0.292 e. The van der Waals surface area contributed by atoms with Crippen molar-refractivity contribution in [2.24, 2.45) is 0 Å². The second-order valence-electron chi connectivity index (χ2n) is 5.22. The Bertz CT molecular complexity index is 456. The van der Waals surface area contributed by atoms with Gasteiger partial charge in [-0.25, -0.2) is 0 Å². The minimum absolute atomic E-state index is 0.198. The molecule has 0 saturated carbocycles. The topological polar surface area (TPSA) is 49.6 Å². The summed E-state index contributed by atoms with van der Waals surface area (Å²) in [5, 5.41) is 11.1. The Balaban J connectivity index is 2.05. The van der Waals surface area contributed by atoms with Crippen LogP contribution < -0.4 is 4.90 Å². The number of likely N-dealkylation sites (N-methyl/N-ethyl adjacent to an activating group) is 1. The third-order valence-corrected chi connectivity index (χ3v) is 3.69. The normalized spacial score (nSPS) is 15.7. The summed E-state index contributed by atoms with van der Waals surface area (Å²) in [7, 11) is 1.92. The van der Waals surface area contributed by atoms with Crippen LogP contribution in [0.25, 0.3) is 0 Å². The van der Waals surface area contributed by atoms with Gasteiger partial charge in [0.2, 0.25) is 0 Å². The van der Waals surface area contributed by atoms with Crippen molar-refractivity contribution < 1.29 is 4.92 Å². The molecule has 0 amide bonds. The Labute approximate surface area is 114 Å². The van der Waals surface area contributed by atoms with E-state index in [0.717, 1.165) is 31.7 Å². The van der Waals surface area contributed by atoms with Crippen LogP contribution in [0, 0.1) is 17.0 Å². The highest BCUT2D eigenvalue weighted by Crippen LogP contribution is 2.28. The number of nitrogens with zero attached hydrogens (tertiary/aromatic N) is 3. The van der Waals surface area contributed by atoms with E-state index in [1.807, 2.05) is 31.0 Å². The molecule has 0 aromatic heterocycles. The summed E-state index contributed by atoms with van der Waals surface area (Å²) >= 11 is 0. The summed E-state index contributed by atoms with van der Waals surface area (Å²) in [5.41, 5.74) is 1.82. The number of hydrogen-bond acceptors (Lipinski definition) is 4. The predicted octanol–water partition coefficient (Wildman–Crippen LogP) is 2.44. The molecule has 0 N–H and O–H groups in total. The van der Waals surface area contributed by atoms with E-state index in [9.17, 15) is 10.1 Å². The summed E-state index contributed by atoms with van der Waals surface area (Å²) < 4.78 is 0. The summed E-state index contributed by atoms with van der Waals surface area (Å²) in [4.78, 5) is 15.2. The monoisotopic (exact) mass is 263 g/mol. The van der Waals surface area contributed by atoms with E-state index in [1.165, 1.54) is 12.8 Å². The molecule has 0 unspecified atom stereocenters. The minimum Gasteiger partial charge on any atom is -0.368 e. The van der Waals surface area contributed by atoms with E-state index in [4.69, 9.17) is 0 Å². The molecular formula is C14H21N3O2. The highest BCUT2D eigenvalue weighted by molar-refractivity contribution is 5.63. The molecule has 1 aromatic carbocycles. The van der Waals surface area contributed by atoms with Crippen LogP contribution >= 0.6 is 0 Å². The van der Waals surface area contributed by atoms with Gasteiger partial charge in [0.1, 0.15) is 5.69 Å². The molecule has 0 radical (unpaired) electrons. The lowest BCUT2D eigenvalue weighted by atomic mass is 10.2. The number of hydrogen-bond donors (Lipinski definition) is 0. The van der Waals surface area contributed by atoms with Crippen LogP contribution in [0.1, 0.15) is 18.4 Å². The average molecular weight is 263 g/mol. The van der Waals surface area contributed by atoms with Gasteiger partial charge >= 0.3 is 0 Å². The first-order chi connectivity index (χ1) is 9.08. The van der Waals surface area contributed by atoms with Gasteiger partial charge < -0.3 is 9.80 Å². The Morgan fingerprint density at radius 2 is 2.05 bits per heavy atom. The van der Waals surface area contributed by atoms with E-state index in [-0.39, 0.29) is 10.6 Å². The zero-order chi connectivity index (χ0) is 13.8. The Kier molecular flexibility index (Phi) is 4.37. The van der Waals surface area contributed by atoms with Gasteiger partial charge in [0.05, 0.1) is 4.92 Å². The van der Waals surface area contributed by atoms with Gasteiger partial charge in [-0.3, -0.25) is 10.1 Å². The van der Waals surface area contributed by atoms with Crippen molar-refractivity contribution in [2.75, 3.05) is 38.1 Å². The molecule has 1 fully saturated rings. The number of aryl methyl sites for hydroxylation is 1. The van der Waals surface area contributed by atoms with Gasteiger partial charge in [-0.05, 0) is 44.5 Å². The molecule has 1 heterocycles. The molecule has 2 rings (SSSR count). The summed E-state index contributed by atoms with van der Waals surface area (Å²) in [5.74, 6) is 0. The van der Waals surface area contributed by atoms with Crippen LogP contribution in [0.15, 0.2) is 18.2 Å². The van der Waals surface area contributed by atoms with Gasteiger partial charge in [-0.15, -0.1) is 0 Å². The first-order valence-electron chi connectivity index (χ1n) is 6.76. The van der Waals surface area contributed by atoms with Crippen LogP contribution in [0.2, 0.25) is 0 Å². The van der Waals surface area contributed by atoms with Crippen LogP contribution in [0.5, 0.6) is 0 Å². The second kappa shape index (κ2) is 6.02. The van der Waals surface area contributed by atoms with Crippen molar-refractivity contribution in [1.29, 1.82) is 0 Å². The van der Waals surface area contributed by atoms with Crippen molar-refractivity contribution in [2.45, 2.75) is 19.8 Å². The zero-order valence-electron chi connectivity index (χ0n) is 11.6. The zero-order valence-corrected chi connectivity index (χ0v) is 11.6. The SMILES string of the molecule is Cc1ccc(N(C)CCN2CCCC2)c([N+](=O)[O-])c1. The maximum absolute atomic E-state index is 11.1. The number of anilines is 1. The smallest absolute Gasteiger partial charge is 0.292 e. The molecule has 0 bridgehead atoms. The number of benzene rings is 1. The van der Waals surface area contributed by atoms with Crippen LogP contribution in [-0.4, -0.2) is 43.0 Å². The van der Waals surface area contributed by atoms with E-state index < -0.39 is 0 Å². The lowest BCUT2D eigenvalue weighted by molar-refractivity contribution is -0.384. The van der Waals surface area contributed by atoms with Gasteiger partial charge in [0.25, 0.3) is 5.69 Å². The summed E-state index contributed by atoms with van der Waals surface area (Å²) in [6.45, 7) is 5.99. The Morgan fingerprint density at radius 1 is 1.37 bits per heavy atom. The number of likely N-dealkylation sites (tertiary alicyclic amines) is 1. The first kappa shape index (κ1) is 13.8. The molecule has 0 aliphatic carbocycles. The molecular weight excluding hydrogens is 242 g/mol. The highest BCUT2D eigenvalue weighted by Gasteiger charge is 2.18. The maximum atomic E-state index is 11.1. The fraction of sp³-hybridized carbons (Fsp3) is 0.571. The van der Waals surface area contributed by atoms with Gasteiger partial charge in [-0.1, -0.05) is 6.07 Å². The number of nitro groups is 1. The molecule has 104 valence electrons. The van der Waals surface area contributed by atoms with E-state index in [2.05, 4.69) is 4.90 Å². The van der Waals surface area contributed by atoms with Crippen molar-refractivity contribution in [3.05, 3.63) is 33.9 Å². The van der Waals surface area contributed by atoms with E-state index >= 15 is 0 Å². The fourth-order valence-corrected chi connectivity index (χ4v) is 2.52. The number of rotatable bonds is 5. The second-order valence-corrected chi connectivity index (χ2v) is 5.22. The van der Waals surface area contributed by atoms with Gasteiger partial charge in [0, 0.05) is 26.2 Å². The van der Waals surface area contributed by atoms with Gasteiger partial charge in [0.15, 0.2) is 0 Å². The lowest BCUT2D eigenvalue weighted by Crippen LogP contribution is -2.31. The van der Waals surface area contributed by atoms with Crippen LogP contribution in [-0.2, 0) is 0 Å². The lowest BCUT2D eigenvalue weighted by Gasteiger charge is -2.23. The molecule has 0 atom stereocenters. The minimum atomic E-state index is -0.297. The largest absolute Gasteiger partial charge is 0.368 e. The molecule has 0 spiro atoms. The fourth-order valence-electron chi connectivity index (χ4n) is 2.52. The molecule has 1 saturated heterocycles. The molecule has 1 aromatic rings. The summed E-state index contributed by atoms with van der Waals surface area (Å²) in [6, 6.07) is 5.41. The average Bonchev–Trinajstić information content (AvgIpc) is 2.88. The van der Waals surface area contributed by atoms with Gasteiger partial charge in [-0.2, -0.15) is 0 Å².